The summed E-state index contributed by atoms with van der Waals surface area (Å²) in [6.45, 7) is 2.53. The number of aryl methyl sites for hydroxylation is 1. The zero-order valence-electron chi connectivity index (χ0n) is 10.7. The predicted octanol–water partition coefficient (Wildman–Crippen LogP) is 1.63. The minimum Gasteiger partial charge on any atom is -0.330 e. The van der Waals surface area contributed by atoms with E-state index in [9.17, 15) is 0 Å². The third-order valence-corrected chi connectivity index (χ3v) is 3.17. The topological polar surface area (TPSA) is 69.6 Å². The number of hydrogen-bond donors (Lipinski definition) is 1. The van der Waals surface area contributed by atoms with E-state index in [2.05, 4.69) is 27.3 Å². The van der Waals surface area contributed by atoms with E-state index in [-0.39, 0.29) is 0 Å². The number of rotatable bonds is 3. The van der Waals surface area contributed by atoms with Crippen molar-refractivity contribution < 1.29 is 0 Å². The van der Waals surface area contributed by atoms with Crippen LogP contribution in [0.15, 0.2) is 36.7 Å². The summed E-state index contributed by atoms with van der Waals surface area (Å²) in [7, 11) is 0. The van der Waals surface area contributed by atoms with Crippen molar-refractivity contribution >= 4 is 10.8 Å². The van der Waals surface area contributed by atoms with Crippen LogP contribution in [0.5, 0.6) is 0 Å². The lowest BCUT2D eigenvalue weighted by Gasteiger charge is -2.09. The van der Waals surface area contributed by atoms with Gasteiger partial charge >= 0.3 is 0 Å². The first kappa shape index (κ1) is 11.8. The average molecular weight is 253 g/mol. The highest BCUT2D eigenvalue weighted by Gasteiger charge is 2.11. The summed E-state index contributed by atoms with van der Waals surface area (Å²) in [5.41, 5.74) is 6.54. The van der Waals surface area contributed by atoms with E-state index in [0.29, 0.717) is 6.54 Å². The van der Waals surface area contributed by atoms with E-state index < -0.39 is 0 Å². The summed E-state index contributed by atoms with van der Waals surface area (Å²) in [5, 5.41) is 10.7. The van der Waals surface area contributed by atoms with Crippen LogP contribution in [0.25, 0.3) is 16.6 Å². The second kappa shape index (κ2) is 4.78. The van der Waals surface area contributed by atoms with Gasteiger partial charge in [-0.15, -0.1) is 5.10 Å². The van der Waals surface area contributed by atoms with Crippen molar-refractivity contribution in [3.8, 4) is 5.82 Å². The number of imidazole rings is 1. The molecule has 3 rings (SSSR count). The van der Waals surface area contributed by atoms with Crippen LogP contribution >= 0.6 is 0 Å². The standard InChI is InChI=1S/C14H15N5/c1-10-11-4-2-3-5-12(11)14(18-17-10)19-9-8-16-13(19)6-7-15/h2-5,8-9H,6-7,15H2,1H3. The highest BCUT2D eigenvalue weighted by atomic mass is 15.2. The monoisotopic (exact) mass is 253 g/mol. The van der Waals surface area contributed by atoms with E-state index in [0.717, 1.165) is 34.5 Å². The SMILES string of the molecule is Cc1nnc(-n2ccnc2CCN)c2ccccc12. The number of nitrogens with zero attached hydrogens (tertiary/aromatic N) is 4. The molecule has 0 saturated heterocycles. The third kappa shape index (κ3) is 1.98. The number of hydrogen-bond acceptors (Lipinski definition) is 4. The normalized spacial score (nSPS) is 11.1. The van der Waals surface area contributed by atoms with Gasteiger partial charge in [0.1, 0.15) is 5.82 Å². The van der Waals surface area contributed by atoms with Gasteiger partial charge in [-0.1, -0.05) is 24.3 Å². The second-order valence-corrected chi connectivity index (χ2v) is 4.41. The van der Waals surface area contributed by atoms with Gasteiger partial charge in [-0.25, -0.2) is 4.98 Å². The van der Waals surface area contributed by atoms with Gasteiger partial charge in [0.2, 0.25) is 0 Å². The van der Waals surface area contributed by atoms with Crippen molar-refractivity contribution in [2.45, 2.75) is 13.3 Å². The molecule has 2 aromatic heterocycles. The Morgan fingerprint density at radius 2 is 1.95 bits per heavy atom. The van der Waals surface area contributed by atoms with Crippen LogP contribution in [0.3, 0.4) is 0 Å². The lowest BCUT2D eigenvalue weighted by atomic mass is 10.1. The first-order valence-corrected chi connectivity index (χ1v) is 6.26. The molecule has 0 saturated carbocycles. The van der Waals surface area contributed by atoms with Crippen LogP contribution in [0.1, 0.15) is 11.5 Å². The molecule has 0 atom stereocenters. The molecule has 0 radical (unpaired) electrons. The van der Waals surface area contributed by atoms with Gasteiger partial charge < -0.3 is 5.73 Å². The summed E-state index contributed by atoms with van der Waals surface area (Å²) in [6, 6.07) is 8.13. The van der Waals surface area contributed by atoms with Gasteiger partial charge in [0.15, 0.2) is 5.82 Å². The maximum absolute atomic E-state index is 5.61. The summed E-state index contributed by atoms with van der Waals surface area (Å²) in [4.78, 5) is 4.33. The number of nitrogens with two attached hydrogens (primary N) is 1. The van der Waals surface area contributed by atoms with Crippen molar-refractivity contribution in [3.63, 3.8) is 0 Å². The van der Waals surface area contributed by atoms with Crippen molar-refractivity contribution in [2.24, 2.45) is 5.73 Å². The molecular weight excluding hydrogens is 238 g/mol. The van der Waals surface area contributed by atoms with Crippen molar-refractivity contribution in [1.82, 2.24) is 19.7 Å². The zero-order chi connectivity index (χ0) is 13.2. The maximum atomic E-state index is 5.61. The Bertz CT molecular complexity index is 717. The van der Waals surface area contributed by atoms with Crippen molar-refractivity contribution in [2.75, 3.05) is 6.54 Å². The molecule has 19 heavy (non-hydrogen) atoms. The van der Waals surface area contributed by atoms with Crippen LogP contribution in [0.2, 0.25) is 0 Å². The fourth-order valence-electron chi connectivity index (χ4n) is 2.24. The van der Waals surface area contributed by atoms with Gasteiger partial charge in [0.05, 0.1) is 5.69 Å². The quantitative estimate of drug-likeness (QED) is 0.770. The molecule has 0 aliphatic carbocycles. The van der Waals surface area contributed by atoms with E-state index in [1.807, 2.05) is 29.8 Å². The number of fused-ring (bicyclic) bond motifs is 1. The minimum atomic E-state index is 0.564. The Labute approximate surface area is 111 Å². The van der Waals surface area contributed by atoms with Gasteiger partial charge in [-0.2, -0.15) is 5.10 Å². The van der Waals surface area contributed by atoms with Crippen LogP contribution in [0.4, 0.5) is 0 Å². The summed E-state index contributed by atoms with van der Waals surface area (Å²) in [5.74, 6) is 1.72. The molecule has 0 unspecified atom stereocenters. The molecule has 0 amide bonds. The maximum Gasteiger partial charge on any atom is 0.168 e. The fraction of sp³-hybridized carbons (Fsp3) is 0.214. The van der Waals surface area contributed by atoms with Crippen molar-refractivity contribution in [1.29, 1.82) is 0 Å². The van der Waals surface area contributed by atoms with Gasteiger partial charge in [0.25, 0.3) is 0 Å². The molecule has 0 spiro atoms. The summed E-state index contributed by atoms with van der Waals surface area (Å²) < 4.78 is 1.96. The smallest absolute Gasteiger partial charge is 0.168 e. The Hall–Kier alpha value is -2.27. The molecule has 2 N–H and O–H groups in total. The Kier molecular flexibility index (Phi) is 2.97. The molecule has 5 nitrogen and oxygen atoms in total. The highest BCUT2D eigenvalue weighted by Crippen LogP contribution is 2.22. The lowest BCUT2D eigenvalue weighted by molar-refractivity contribution is 0.810. The van der Waals surface area contributed by atoms with Gasteiger partial charge in [-0.3, -0.25) is 4.57 Å². The Morgan fingerprint density at radius 1 is 1.16 bits per heavy atom. The van der Waals surface area contributed by atoms with Crippen LogP contribution in [0, 0.1) is 6.92 Å². The molecule has 96 valence electrons. The highest BCUT2D eigenvalue weighted by molar-refractivity contribution is 5.89. The van der Waals surface area contributed by atoms with E-state index in [1.165, 1.54) is 0 Å². The Morgan fingerprint density at radius 3 is 2.74 bits per heavy atom. The van der Waals surface area contributed by atoms with E-state index in [4.69, 9.17) is 5.73 Å². The molecular formula is C14H15N5. The van der Waals surface area contributed by atoms with Crippen LogP contribution in [-0.2, 0) is 6.42 Å². The van der Waals surface area contributed by atoms with Crippen LogP contribution in [-0.4, -0.2) is 26.3 Å². The van der Waals surface area contributed by atoms with Crippen molar-refractivity contribution in [3.05, 3.63) is 48.2 Å². The van der Waals surface area contributed by atoms with Gasteiger partial charge in [-0.05, 0) is 13.5 Å². The predicted molar refractivity (Wildman–Crippen MR) is 74.2 cm³/mol. The minimum absolute atomic E-state index is 0.564. The number of aromatic nitrogens is 4. The molecule has 1 aromatic carbocycles. The fourth-order valence-corrected chi connectivity index (χ4v) is 2.24. The van der Waals surface area contributed by atoms with Gasteiger partial charge in [0, 0.05) is 29.6 Å². The number of benzene rings is 1. The first-order chi connectivity index (χ1) is 9.31. The van der Waals surface area contributed by atoms with E-state index in [1.54, 1.807) is 6.20 Å². The molecule has 0 bridgehead atoms. The molecule has 0 aliphatic rings. The third-order valence-electron chi connectivity index (χ3n) is 3.17. The second-order valence-electron chi connectivity index (χ2n) is 4.41. The van der Waals surface area contributed by atoms with Crippen LogP contribution < -0.4 is 5.73 Å². The average Bonchev–Trinajstić information content (AvgIpc) is 2.88. The molecule has 5 heteroatoms. The zero-order valence-corrected chi connectivity index (χ0v) is 10.7. The summed E-state index contributed by atoms with van der Waals surface area (Å²) in [6.07, 6.45) is 4.38. The molecule has 0 fully saturated rings. The molecule has 0 aliphatic heterocycles. The molecule has 3 aromatic rings. The summed E-state index contributed by atoms with van der Waals surface area (Å²) >= 11 is 0. The first-order valence-electron chi connectivity index (χ1n) is 6.26. The largest absolute Gasteiger partial charge is 0.330 e. The lowest BCUT2D eigenvalue weighted by Crippen LogP contribution is -2.10. The Balaban J connectivity index is 2.25. The molecule has 2 heterocycles. The van der Waals surface area contributed by atoms with E-state index >= 15 is 0 Å².